The average molecular weight is 433 g/mol. The zero-order valence-corrected chi connectivity index (χ0v) is 16.6. The van der Waals surface area contributed by atoms with Crippen molar-refractivity contribution in [3.8, 4) is 0 Å². The minimum absolute atomic E-state index is 0.196. The van der Waals surface area contributed by atoms with E-state index in [0.29, 0.717) is 26.7 Å². The maximum atomic E-state index is 12.4. The van der Waals surface area contributed by atoms with Gasteiger partial charge in [0, 0.05) is 5.69 Å². The van der Waals surface area contributed by atoms with Gasteiger partial charge in [-0.2, -0.15) is 0 Å². The van der Waals surface area contributed by atoms with Crippen LogP contribution in [0.2, 0.25) is 5.02 Å². The van der Waals surface area contributed by atoms with Crippen molar-refractivity contribution in [3.63, 3.8) is 0 Å². The number of thiocarbonyl (C=S) groups is 1. The van der Waals surface area contributed by atoms with Crippen molar-refractivity contribution in [2.45, 2.75) is 0 Å². The van der Waals surface area contributed by atoms with E-state index in [-0.39, 0.29) is 10.2 Å². The quantitative estimate of drug-likeness (QED) is 0.550. The highest BCUT2D eigenvalue weighted by Crippen LogP contribution is 2.32. The molecule has 0 radical (unpaired) electrons. The van der Waals surface area contributed by atoms with Crippen molar-refractivity contribution < 1.29 is 19.5 Å². The molecule has 0 saturated carbocycles. The Labute approximate surface area is 175 Å². The lowest BCUT2D eigenvalue weighted by Gasteiger charge is -2.10. The second-order valence-corrected chi connectivity index (χ2v) is 7.80. The fraction of sp³-hybridized carbons (Fsp3) is 0.0526. The number of rotatable bonds is 5. The van der Waals surface area contributed by atoms with Gasteiger partial charge in [-0.1, -0.05) is 59.8 Å². The number of halogens is 1. The zero-order chi connectivity index (χ0) is 20.3. The lowest BCUT2D eigenvalue weighted by molar-refractivity contribution is -0.140. The first kappa shape index (κ1) is 20.1. The largest absolute Gasteiger partial charge is 0.480 e. The lowest BCUT2D eigenvalue weighted by atomic mass is 10.1. The highest BCUT2D eigenvalue weighted by atomic mass is 35.5. The summed E-state index contributed by atoms with van der Waals surface area (Å²) in [7, 11) is 0. The summed E-state index contributed by atoms with van der Waals surface area (Å²) in [5.74, 6) is -1.94. The van der Waals surface area contributed by atoms with Gasteiger partial charge < -0.3 is 10.4 Å². The van der Waals surface area contributed by atoms with Crippen molar-refractivity contribution in [2.75, 3.05) is 11.9 Å². The molecule has 0 spiro atoms. The second kappa shape index (κ2) is 8.55. The Morgan fingerprint density at radius 3 is 2.68 bits per heavy atom. The minimum Gasteiger partial charge on any atom is -0.480 e. The number of aliphatic carboxylic acids is 1. The maximum Gasteiger partial charge on any atom is 0.323 e. The van der Waals surface area contributed by atoms with Crippen LogP contribution in [0.15, 0.2) is 53.4 Å². The average Bonchev–Trinajstić information content (AvgIpc) is 2.89. The molecule has 0 aliphatic carbocycles. The molecule has 1 fully saturated rings. The number of thioether (sulfide) groups is 1. The van der Waals surface area contributed by atoms with E-state index < -0.39 is 18.4 Å². The summed E-state index contributed by atoms with van der Waals surface area (Å²) in [4.78, 5) is 37.0. The van der Waals surface area contributed by atoms with E-state index in [1.807, 2.05) is 0 Å². The summed E-state index contributed by atoms with van der Waals surface area (Å²) in [5.41, 5.74) is 1.54. The van der Waals surface area contributed by atoms with E-state index in [2.05, 4.69) is 5.32 Å². The predicted molar refractivity (Wildman–Crippen MR) is 113 cm³/mol. The predicted octanol–water partition coefficient (Wildman–Crippen LogP) is 3.88. The van der Waals surface area contributed by atoms with Gasteiger partial charge in [-0.3, -0.25) is 19.3 Å². The molecule has 0 unspecified atom stereocenters. The Morgan fingerprint density at radius 2 is 1.96 bits per heavy atom. The number of carbonyl (C=O) groups is 3. The summed E-state index contributed by atoms with van der Waals surface area (Å²) in [6, 6.07) is 13.6. The van der Waals surface area contributed by atoms with Gasteiger partial charge in [-0.15, -0.1) is 0 Å². The van der Waals surface area contributed by atoms with E-state index in [1.165, 1.54) is 0 Å². The molecule has 2 N–H and O–H groups in total. The van der Waals surface area contributed by atoms with Crippen molar-refractivity contribution in [2.24, 2.45) is 0 Å². The number of nitrogens with one attached hydrogen (secondary N) is 1. The van der Waals surface area contributed by atoms with E-state index in [9.17, 15) is 14.4 Å². The van der Waals surface area contributed by atoms with Crippen LogP contribution in [0, 0.1) is 0 Å². The first-order valence-electron chi connectivity index (χ1n) is 7.98. The van der Waals surface area contributed by atoms with Crippen LogP contribution in [-0.4, -0.2) is 38.7 Å². The Kier molecular flexibility index (Phi) is 6.13. The summed E-state index contributed by atoms with van der Waals surface area (Å²) < 4.78 is 0.196. The summed E-state index contributed by atoms with van der Waals surface area (Å²) in [5, 5.41) is 12.0. The Hall–Kier alpha value is -2.68. The zero-order valence-electron chi connectivity index (χ0n) is 14.2. The topological polar surface area (TPSA) is 86.7 Å². The summed E-state index contributed by atoms with van der Waals surface area (Å²) in [6.45, 7) is -0.476. The molecule has 28 heavy (non-hydrogen) atoms. The van der Waals surface area contributed by atoms with Crippen LogP contribution in [-0.2, 0) is 9.59 Å². The molecule has 9 heteroatoms. The number of nitrogens with zero attached hydrogens (tertiary/aromatic N) is 1. The van der Waals surface area contributed by atoms with Crippen LogP contribution in [0.4, 0.5) is 5.69 Å². The van der Waals surface area contributed by atoms with Gasteiger partial charge in [0.1, 0.15) is 10.9 Å². The third-order valence-electron chi connectivity index (χ3n) is 3.73. The molecule has 0 bridgehead atoms. The number of anilines is 1. The van der Waals surface area contributed by atoms with E-state index in [1.54, 1.807) is 54.6 Å². The molecule has 0 aromatic heterocycles. The van der Waals surface area contributed by atoms with Gasteiger partial charge in [0.05, 0.1) is 15.5 Å². The van der Waals surface area contributed by atoms with Crippen molar-refractivity contribution in [3.05, 3.63) is 69.6 Å². The molecule has 2 aromatic rings. The molecule has 6 nitrogen and oxygen atoms in total. The smallest absolute Gasteiger partial charge is 0.323 e. The van der Waals surface area contributed by atoms with E-state index in [4.69, 9.17) is 28.9 Å². The third kappa shape index (κ3) is 4.59. The first-order valence-corrected chi connectivity index (χ1v) is 9.58. The van der Waals surface area contributed by atoms with Gasteiger partial charge in [0.2, 0.25) is 0 Å². The monoisotopic (exact) mass is 432 g/mol. The van der Waals surface area contributed by atoms with Crippen LogP contribution < -0.4 is 5.32 Å². The molecule has 1 saturated heterocycles. The molecule has 2 aromatic carbocycles. The molecule has 2 amide bonds. The molecular formula is C19H13ClN2O4S2. The number of benzene rings is 2. The van der Waals surface area contributed by atoms with Crippen LogP contribution in [0.25, 0.3) is 6.08 Å². The van der Waals surface area contributed by atoms with Crippen molar-refractivity contribution >= 4 is 69.4 Å². The molecule has 1 aliphatic rings. The normalized spacial score (nSPS) is 15.2. The Morgan fingerprint density at radius 1 is 1.21 bits per heavy atom. The van der Waals surface area contributed by atoms with Crippen LogP contribution in [0.3, 0.4) is 0 Å². The molecule has 142 valence electrons. The third-order valence-corrected chi connectivity index (χ3v) is 5.44. The number of hydrogen-bond acceptors (Lipinski definition) is 5. The van der Waals surface area contributed by atoms with Gasteiger partial charge in [-0.25, -0.2) is 0 Å². The minimum atomic E-state index is -1.14. The number of carbonyl (C=O) groups excluding carboxylic acids is 2. The lowest BCUT2D eigenvalue weighted by Crippen LogP contribution is -2.33. The van der Waals surface area contributed by atoms with Crippen LogP contribution in [0.1, 0.15) is 15.9 Å². The fourth-order valence-electron chi connectivity index (χ4n) is 2.47. The second-order valence-electron chi connectivity index (χ2n) is 5.72. The molecular weight excluding hydrogens is 420 g/mol. The summed E-state index contributed by atoms with van der Waals surface area (Å²) >= 11 is 12.2. The Bertz CT molecular complexity index is 1020. The van der Waals surface area contributed by atoms with Gasteiger partial charge in [0.15, 0.2) is 0 Å². The fourth-order valence-corrected chi connectivity index (χ4v) is 3.95. The number of hydrogen-bond donors (Lipinski definition) is 2. The number of carboxylic acids is 1. The van der Waals surface area contributed by atoms with Crippen LogP contribution >= 0.6 is 35.6 Å². The number of carboxylic acid groups (broad SMARTS) is 1. The highest BCUT2D eigenvalue weighted by Gasteiger charge is 2.33. The van der Waals surface area contributed by atoms with Gasteiger partial charge in [0.25, 0.3) is 11.8 Å². The number of amides is 2. The van der Waals surface area contributed by atoms with Crippen molar-refractivity contribution in [1.29, 1.82) is 0 Å². The summed E-state index contributed by atoms with van der Waals surface area (Å²) in [6.07, 6.45) is 1.60. The highest BCUT2D eigenvalue weighted by molar-refractivity contribution is 8.26. The molecule has 0 atom stereocenters. The Balaban J connectivity index is 1.79. The molecule has 3 rings (SSSR count). The van der Waals surface area contributed by atoms with E-state index >= 15 is 0 Å². The van der Waals surface area contributed by atoms with Gasteiger partial charge in [-0.05, 0) is 35.9 Å². The first-order chi connectivity index (χ1) is 13.3. The molecule has 1 heterocycles. The molecule has 1 aliphatic heterocycles. The maximum absolute atomic E-state index is 12.4. The SMILES string of the molecule is O=C(O)CN1C(=O)/C(=C\c2cccc(NC(=O)c3ccccc3Cl)c2)SC1=S. The van der Waals surface area contributed by atoms with Crippen LogP contribution in [0.5, 0.6) is 0 Å². The van der Waals surface area contributed by atoms with Crippen molar-refractivity contribution in [1.82, 2.24) is 4.90 Å². The van der Waals surface area contributed by atoms with Gasteiger partial charge >= 0.3 is 5.97 Å². The standard InChI is InChI=1S/C19H13ClN2O4S2/c20-14-7-2-1-6-13(14)17(25)21-12-5-3-4-11(8-12)9-15-18(26)22(10-16(23)24)19(27)28-15/h1-9H,10H2,(H,21,25)(H,23,24)/b15-9+. The van der Waals surface area contributed by atoms with E-state index in [0.717, 1.165) is 16.7 Å².